The van der Waals surface area contributed by atoms with Gasteiger partial charge in [0, 0.05) is 5.38 Å². The summed E-state index contributed by atoms with van der Waals surface area (Å²) >= 11 is 3.90. The third-order valence-electron chi connectivity index (χ3n) is 0.439. The number of halogens is 1. The van der Waals surface area contributed by atoms with Crippen LogP contribution >= 0.6 is 33.9 Å². The Balaban J connectivity index is 3.05. The van der Waals surface area contributed by atoms with E-state index in [4.69, 9.17) is 0 Å². The number of hydrogen-bond donors (Lipinski definition) is 0. The molecule has 0 N–H and O–H groups in total. The number of thiophene rings is 1. The van der Waals surface area contributed by atoms with Gasteiger partial charge in [0.15, 0.2) is 0 Å². The lowest BCUT2D eigenvalue weighted by atomic mass is 10.7. The Kier molecular flexibility index (Phi) is 1.48. The van der Waals surface area contributed by atoms with E-state index in [2.05, 4.69) is 28.0 Å². The van der Waals surface area contributed by atoms with Gasteiger partial charge in [0.25, 0.3) is 0 Å². The lowest BCUT2D eigenvalue weighted by molar-refractivity contribution is 1.96. The summed E-state index contributed by atoms with van der Waals surface area (Å²) in [4.78, 5) is 0. The lowest BCUT2D eigenvalue weighted by Crippen LogP contribution is -1.38. The molecule has 0 bridgehead atoms. The van der Waals surface area contributed by atoms with Crippen LogP contribution in [-0.4, -0.2) is 0 Å². The van der Waals surface area contributed by atoms with Crippen LogP contribution in [0.1, 0.15) is 0 Å². The van der Waals surface area contributed by atoms with Crippen LogP contribution in [0, 0.1) is 8.26 Å². The first-order valence-corrected chi connectivity index (χ1v) is 3.40. The van der Waals surface area contributed by atoms with E-state index in [1.165, 1.54) is 2.88 Å². The van der Waals surface area contributed by atoms with Gasteiger partial charge < -0.3 is 0 Å². The minimum atomic E-state index is 1.30. The molecule has 0 aliphatic heterocycles. The molecule has 0 aromatic carbocycles. The Morgan fingerprint density at radius 1 is 1.83 bits per heavy atom. The zero-order chi connectivity index (χ0) is 4.41. The van der Waals surface area contributed by atoms with Crippen LogP contribution in [0.25, 0.3) is 0 Å². The summed E-state index contributed by atoms with van der Waals surface area (Å²) < 4.78 is 1.30. The molecule has 0 nitrogen and oxygen atoms in total. The summed E-state index contributed by atoms with van der Waals surface area (Å²) in [5, 5.41) is 2.96. The molecule has 1 aromatic rings. The highest BCUT2D eigenvalue weighted by atomic mass is 127. The third-order valence-corrected chi connectivity index (χ3v) is 2.04. The molecule has 1 aromatic heterocycles. The predicted octanol–water partition coefficient (Wildman–Crippen LogP) is 2.15. The predicted molar refractivity (Wildman–Crippen MR) is 35.9 cm³/mol. The Hall–Kier alpha value is 0.430. The third kappa shape index (κ3) is 0.944. The van der Waals surface area contributed by atoms with Gasteiger partial charge in [-0.1, -0.05) is 0 Å². The van der Waals surface area contributed by atoms with Gasteiger partial charge in [0.2, 0.25) is 0 Å². The number of rotatable bonds is 0. The standard InChI is InChI=1S/C4H2IS/c5-4-2-1-3-6-4/h1-2H. The minimum Gasteiger partial charge on any atom is -0.128 e. The molecule has 2 heteroatoms. The van der Waals surface area contributed by atoms with E-state index < -0.39 is 0 Å². The van der Waals surface area contributed by atoms with Crippen LogP contribution in [0.5, 0.6) is 0 Å². The molecule has 1 radical (unpaired) electrons. The first-order chi connectivity index (χ1) is 2.89. The van der Waals surface area contributed by atoms with E-state index >= 15 is 0 Å². The maximum absolute atomic E-state index is 2.96. The summed E-state index contributed by atoms with van der Waals surface area (Å²) in [5.74, 6) is 0. The summed E-state index contributed by atoms with van der Waals surface area (Å²) in [5.41, 5.74) is 0. The average molecular weight is 209 g/mol. The van der Waals surface area contributed by atoms with Crippen molar-refractivity contribution in [1.29, 1.82) is 0 Å². The Morgan fingerprint density at radius 3 is 2.83 bits per heavy atom. The van der Waals surface area contributed by atoms with Crippen LogP contribution in [0.15, 0.2) is 12.1 Å². The van der Waals surface area contributed by atoms with Crippen molar-refractivity contribution in [3.8, 4) is 0 Å². The zero-order valence-electron chi connectivity index (χ0n) is 2.94. The lowest BCUT2D eigenvalue weighted by Gasteiger charge is -1.62. The van der Waals surface area contributed by atoms with Gasteiger partial charge >= 0.3 is 0 Å². The Labute approximate surface area is 54.3 Å². The molecule has 31 valence electrons. The molecule has 0 aliphatic rings. The summed E-state index contributed by atoms with van der Waals surface area (Å²) in [6, 6.07) is 3.96. The van der Waals surface area contributed by atoms with E-state index in [1.54, 1.807) is 11.3 Å². The maximum Gasteiger partial charge on any atom is 0.0660 e. The van der Waals surface area contributed by atoms with Crippen LogP contribution < -0.4 is 0 Å². The van der Waals surface area contributed by atoms with Gasteiger partial charge in [-0.05, 0) is 34.7 Å². The molecular weight excluding hydrogens is 207 g/mol. The van der Waals surface area contributed by atoms with Gasteiger partial charge in [-0.3, -0.25) is 0 Å². The SMILES string of the molecule is Ic1cc[c]s1. The normalized spacial score (nSPS) is 8.83. The molecule has 0 saturated carbocycles. The molecule has 0 aliphatic carbocycles. The van der Waals surface area contributed by atoms with Crippen LogP contribution in [0.3, 0.4) is 0 Å². The van der Waals surface area contributed by atoms with Gasteiger partial charge in [0.1, 0.15) is 0 Å². The smallest absolute Gasteiger partial charge is 0.0660 e. The quantitative estimate of drug-likeness (QED) is 0.574. The zero-order valence-corrected chi connectivity index (χ0v) is 5.91. The molecule has 6 heavy (non-hydrogen) atoms. The van der Waals surface area contributed by atoms with Crippen molar-refractivity contribution < 1.29 is 0 Å². The highest BCUT2D eigenvalue weighted by Crippen LogP contribution is 2.08. The van der Waals surface area contributed by atoms with Crippen molar-refractivity contribution in [1.82, 2.24) is 0 Å². The summed E-state index contributed by atoms with van der Waals surface area (Å²) in [6.45, 7) is 0. The summed E-state index contributed by atoms with van der Waals surface area (Å²) in [6.07, 6.45) is 0. The van der Waals surface area contributed by atoms with Gasteiger partial charge in [0.05, 0.1) is 2.88 Å². The van der Waals surface area contributed by atoms with Crippen LogP contribution in [-0.2, 0) is 0 Å². The fraction of sp³-hybridized carbons (Fsp3) is 0. The average Bonchev–Trinajstić information content (AvgIpc) is 1.86. The van der Waals surface area contributed by atoms with Crippen molar-refractivity contribution in [3.63, 3.8) is 0 Å². The second-order valence-corrected chi connectivity index (χ2v) is 3.63. The molecule has 1 rings (SSSR count). The van der Waals surface area contributed by atoms with Crippen molar-refractivity contribution in [2.24, 2.45) is 0 Å². The van der Waals surface area contributed by atoms with E-state index in [0.717, 1.165) is 0 Å². The van der Waals surface area contributed by atoms with Gasteiger partial charge in [-0.25, -0.2) is 0 Å². The monoisotopic (exact) mass is 209 g/mol. The molecule has 0 saturated heterocycles. The highest BCUT2D eigenvalue weighted by Gasteiger charge is 1.78. The molecule has 0 unspecified atom stereocenters. The van der Waals surface area contributed by atoms with E-state index in [-0.39, 0.29) is 0 Å². The largest absolute Gasteiger partial charge is 0.128 e. The van der Waals surface area contributed by atoms with E-state index in [1.807, 2.05) is 12.1 Å². The van der Waals surface area contributed by atoms with Gasteiger partial charge in [-0.2, -0.15) is 0 Å². The minimum absolute atomic E-state index is 1.30. The fourth-order valence-electron chi connectivity index (χ4n) is 0.224. The second-order valence-electron chi connectivity index (χ2n) is 0.857. The number of hydrogen-bond acceptors (Lipinski definition) is 1. The topological polar surface area (TPSA) is 0 Å². The first-order valence-electron chi connectivity index (χ1n) is 1.51. The Morgan fingerprint density at radius 2 is 2.67 bits per heavy atom. The summed E-state index contributed by atoms with van der Waals surface area (Å²) in [7, 11) is 0. The van der Waals surface area contributed by atoms with E-state index in [0.29, 0.717) is 0 Å². The van der Waals surface area contributed by atoms with Gasteiger partial charge in [-0.15, -0.1) is 11.3 Å². The first kappa shape index (κ1) is 4.59. The van der Waals surface area contributed by atoms with Crippen molar-refractivity contribution in [2.75, 3.05) is 0 Å². The van der Waals surface area contributed by atoms with Crippen molar-refractivity contribution >= 4 is 33.9 Å². The molecule has 0 atom stereocenters. The highest BCUT2D eigenvalue weighted by molar-refractivity contribution is 14.1. The molecule has 0 spiro atoms. The fourth-order valence-corrected chi connectivity index (χ4v) is 1.17. The van der Waals surface area contributed by atoms with Crippen LogP contribution in [0.2, 0.25) is 0 Å². The molecule has 1 heterocycles. The van der Waals surface area contributed by atoms with Crippen molar-refractivity contribution in [3.05, 3.63) is 20.4 Å². The molecule has 0 fully saturated rings. The van der Waals surface area contributed by atoms with Crippen molar-refractivity contribution in [2.45, 2.75) is 0 Å². The van der Waals surface area contributed by atoms with Crippen LogP contribution in [0.4, 0.5) is 0 Å². The molecular formula is C4H2IS. The Bertz CT molecular complexity index is 111. The maximum atomic E-state index is 2.96. The molecule has 0 amide bonds. The second kappa shape index (κ2) is 1.93. The van der Waals surface area contributed by atoms with E-state index in [9.17, 15) is 0 Å².